The van der Waals surface area contributed by atoms with Gasteiger partial charge in [0.25, 0.3) is 5.91 Å². The maximum absolute atomic E-state index is 12.7. The summed E-state index contributed by atoms with van der Waals surface area (Å²) in [6.07, 6.45) is 1.72. The van der Waals surface area contributed by atoms with Crippen LogP contribution < -0.4 is 0 Å². The van der Waals surface area contributed by atoms with Crippen LogP contribution in [0.15, 0.2) is 24.4 Å². The third-order valence-electron chi connectivity index (χ3n) is 3.89. The predicted molar refractivity (Wildman–Crippen MR) is 88.2 cm³/mol. The van der Waals surface area contributed by atoms with Crippen molar-refractivity contribution in [1.29, 1.82) is 0 Å². The minimum absolute atomic E-state index is 0.00890. The van der Waals surface area contributed by atoms with Crippen LogP contribution in [-0.4, -0.2) is 57.8 Å². The molecule has 2 aromatic heterocycles. The third-order valence-corrected chi connectivity index (χ3v) is 5.05. The van der Waals surface area contributed by atoms with E-state index in [0.29, 0.717) is 31.1 Å². The summed E-state index contributed by atoms with van der Waals surface area (Å²) in [5.74, 6) is 0.0499. The van der Waals surface area contributed by atoms with Gasteiger partial charge >= 0.3 is 0 Å². The summed E-state index contributed by atoms with van der Waals surface area (Å²) in [5.41, 5.74) is 1.51. The fourth-order valence-corrected chi connectivity index (χ4v) is 3.57. The second-order valence-corrected chi connectivity index (χ2v) is 6.45. The van der Waals surface area contributed by atoms with Gasteiger partial charge in [0, 0.05) is 39.3 Å². The molecular weight excluding hydrogens is 312 g/mol. The normalized spacial score (nSPS) is 14.9. The number of hydrogen-bond acceptors (Lipinski definition) is 5. The summed E-state index contributed by atoms with van der Waals surface area (Å²) in [6.45, 7) is 5.72. The van der Waals surface area contributed by atoms with E-state index in [1.165, 1.54) is 11.3 Å². The number of amides is 2. The van der Waals surface area contributed by atoms with Crippen LogP contribution in [0.3, 0.4) is 0 Å². The first-order valence-corrected chi connectivity index (χ1v) is 8.31. The van der Waals surface area contributed by atoms with E-state index >= 15 is 0 Å². The Balaban J connectivity index is 1.76. The van der Waals surface area contributed by atoms with Crippen molar-refractivity contribution >= 4 is 23.2 Å². The zero-order valence-electron chi connectivity index (χ0n) is 13.2. The number of carbonyl (C=O) groups excluding carboxylic acids is 2. The molecule has 0 aliphatic carbocycles. The minimum Gasteiger partial charge on any atom is -0.339 e. The van der Waals surface area contributed by atoms with Crippen molar-refractivity contribution in [3.05, 3.63) is 35.0 Å². The van der Waals surface area contributed by atoms with Crippen molar-refractivity contribution in [3.63, 3.8) is 0 Å². The Morgan fingerprint density at radius 2 is 1.83 bits per heavy atom. The van der Waals surface area contributed by atoms with Gasteiger partial charge < -0.3 is 9.80 Å². The number of nitrogens with zero attached hydrogens (tertiary/aromatic N) is 4. The molecule has 6 nitrogen and oxygen atoms in total. The standard InChI is InChI=1S/C16H18N4O2S/c1-11-14(23-15(18-11)13-5-3-4-6-17-13)16(22)20-9-7-19(8-10-20)12(2)21/h3-6H,7-10H2,1-2H3. The Morgan fingerprint density at radius 3 is 2.43 bits per heavy atom. The topological polar surface area (TPSA) is 66.4 Å². The molecule has 1 aliphatic rings. The van der Waals surface area contributed by atoms with Crippen LogP contribution >= 0.6 is 11.3 Å². The number of aromatic nitrogens is 2. The fraction of sp³-hybridized carbons (Fsp3) is 0.375. The van der Waals surface area contributed by atoms with Crippen LogP contribution in [0.5, 0.6) is 0 Å². The molecule has 0 unspecified atom stereocenters. The molecule has 2 aromatic rings. The average Bonchev–Trinajstić information content (AvgIpc) is 2.97. The quantitative estimate of drug-likeness (QED) is 0.842. The van der Waals surface area contributed by atoms with Crippen LogP contribution in [-0.2, 0) is 4.79 Å². The molecule has 23 heavy (non-hydrogen) atoms. The number of pyridine rings is 1. The number of aryl methyl sites for hydroxylation is 1. The van der Waals surface area contributed by atoms with Gasteiger partial charge in [-0.05, 0) is 19.1 Å². The summed E-state index contributed by atoms with van der Waals surface area (Å²) in [6, 6.07) is 5.64. The molecule has 120 valence electrons. The Bertz CT molecular complexity index is 721. The summed E-state index contributed by atoms with van der Waals surface area (Å²) >= 11 is 1.38. The van der Waals surface area contributed by atoms with Gasteiger partial charge in [0.1, 0.15) is 9.88 Å². The first-order chi connectivity index (χ1) is 11.1. The Kier molecular flexibility index (Phi) is 4.38. The smallest absolute Gasteiger partial charge is 0.265 e. The van der Waals surface area contributed by atoms with E-state index in [1.807, 2.05) is 25.1 Å². The van der Waals surface area contributed by atoms with E-state index in [1.54, 1.807) is 22.9 Å². The van der Waals surface area contributed by atoms with E-state index in [4.69, 9.17) is 0 Å². The molecule has 2 amide bonds. The van der Waals surface area contributed by atoms with Gasteiger partial charge in [-0.25, -0.2) is 4.98 Å². The number of piperazine rings is 1. The van der Waals surface area contributed by atoms with Gasteiger partial charge in [-0.3, -0.25) is 14.6 Å². The Labute approximate surface area is 138 Å². The highest BCUT2D eigenvalue weighted by atomic mass is 32.1. The van der Waals surface area contributed by atoms with E-state index in [-0.39, 0.29) is 11.8 Å². The van der Waals surface area contributed by atoms with Gasteiger partial charge in [-0.1, -0.05) is 6.07 Å². The molecule has 0 bridgehead atoms. The highest BCUT2D eigenvalue weighted by molar-refractivity contribution is 7.17. The number of carbonyl (C=O) groups is 2. The van der Waals surface area contributed by atoms with Crippen LogP contribution in [0.25, 0.3) is 10.7 Å². The largest absolute Gasteiger partial charge is 0.339 e. The molecule has 0 saturated carbocycles. The van der Waals surface area contributed by atoms with Gasteiger partial charge in [0.15, 0.2) is 0 Å². The second kappa shape index (κ2) is 6.45. The van der Waals surface area contributed by atoms with E-state index in [9.17, 15) is 9.59 Å². The lowest BCUT2D eigenvalue weighted by molar-refractivity contribution is -0.130. The molecule has 0 aromatic carbocycles. The highest BCUT2D eigenvalue weighted by Crippen LogP contribution is 2.27. The first-order valence-electron chi connectivity index (χ1n) is 7.50. The van der Waals surface area contributed by atoms with Crippen LogP contribution in [0, 0.1) is 6.92 Å². The van der Waals surface area contributed by atoms with E-state index < -0.39 is 0 Å². The predicted octanol–water partition coefficient (Wildman–Crippen LogP) is 1.82. The summed E-state index contributed by atoms with van der Waals surface area (Å²) in [4.78, 5) is 37.1. The van der Waals surface area contributed by atoms with Crippen molar-refractivity contribution in [1.82, 2.24) is 19.8 Å². The summed E-state index contributed by atoms with van der Waals surface area (Å²) < 4.78 is 0. The van der Waals surface area contributed by atoms with Gasteiger partial charge in [-0.15, -0.1) is 11.3 Å². The Hall–Kier alpha value is -2.28. The molecule has 0 radical (unpaired) electrons. The Morgan fingerprint density at radius 1 is 1.13 bits per heavy atom. The first kappa shape index (κ1) is 15.6. The summed E-state index contributed by atoms with van der Waals surface area (Å²) in [5, 5.41) is 0.758. The second-order valence-electron chi connectivity index (χ2n) is 5.45. The molecule has 7 heteroatoms. The van der Waals surface area contributed by atoms with Gasteiger partial charge in [0.2, 0.25) is 5.91 Å². The lowest BCUT2D eigenvalue weighted by Gasteiger charge is -2.34. The van der Waals surface area contributed by atoms with E-state index in [0.717, 1.165) is 16.4 Å². The maximum atomic E-state index is 12.7. The van der Waals surface area contributed by atoms with Crippen molar-refractivity contribution < 1.29 is 9.59 Å². The van der Waals surface area contributed by atoms with Gasteiger partial charge in [-0.2, -0.15) is 0 Å². The lowest BCUT2D eigenvalue weighted by atomic mass is 10.2. The van der Waals surface area contributed by atoms with Crippen LogP contribution in [0.4, 0.5) is 0 Å². The maximum Gasteiger partial charge on any atom is 0.265 e. The summed E-state index contributed by atoms with van der Waals surface area (Å²) in [7, 11) is 0. The highest BCUT2D eigenvalue weighted by Gasteiger charge is 2.26. The van der Waals surface area contributed by atoms with Crippen molar-refractivity contribution in [2.24, 2.45) is 0 Å². The molecule has 1 saturated heterocycles. The van der Waals surface area contributed by atoms with Gasteiger partial charge in [0.05, 0.1) is 11.4 Å². The van der Waals surface area contributed by atoms with Crippen LogP contribution in [0.2, 0.25) is 0 Å². The molecule has 3 rings (SSSR count). The number of thiazole rings is 1. The molecule has 1 aliphatic heterocycles. The van der Waals surface area contributed by atoms with Crippen LogP contribution in [0.1, 0.15) is 22.3 Å². The molecule has 0 N–H and O–H groups in total. The number of rotatable bonds is 2. The fourth-order valence-electron chi connectivity index (χ4n) is 2.56. The zero-order chi connectivity index (χ0) is 16.4. The lowest BCUT2D eigenvalue weighted by Crippen LogP contribution is -2.50. The minimum atomic E-state index is -0.00890. The molecule has 3 heterocycles. The molecule has 1 fully saturated rings. The van der Waals surface area contributed by atoms with E-state index in [2.05, 4.69) is 9.97 Å². The third kappa shape index (κ3) is 3.24. The average molecular weight is 330 g/mol. The SMILES string of the molecule is CC(=O)N1CCN(C(=O)c2sc(-c3ccccn3)nc2C)CC1. The number of hydrogen-bond donors (Lipinski definition) is 0. The van der Waals surface area contributed by atoms with Crippen molar-refractivity contribution in [3.8, 4) is 10.7 Å². The zero-order valence-corrected chi connectivity index (χ0v) is 14.0. The van der Waals surface area contributed by atoms with Crippen molar-refractivity contribution in [2.75, 3.05) is 26.2 Å². The monoisotopic (exact) mass is 330 g/mol. The molecule has 0 spiro atoms. The molecule has 0 atom stereocenters. The molecular formula is C16H18N4O2S. The van der Waals surface area contributed by atoms with Crippen molar-refractivity contribution in [2.45, 2.75) is 13.8 Å².